The van der Waals surface area contributed by atoms with Crippen LogP contribution in [0.1, 0.15) is 43.0 Å². The Morgan fingerprint density at radius 3 is 2.62 bits per heavy atom. The molecule has 1 heterocycles. The number of nitrogens with one attached hydrogen (secondary N) is 2. The largest absolute Gasteiger partial charge is 0.494 e. The summed E-state index contributed by atoms with van der Waals surface area (Å²) in [6.45, 7) is 2.58. The first kappa shape index (κ1) is 18.2. The van der Waals surface area contributed by atoms with E-state index in [-0.39, 0.29) is 18.0 Å². The quantitative estimate of drug-likeness (QED) is 0.741. The zero-order valence-electron chi connectivity index (χ0n) is 15.1. The monoisotopic (exact) mass is 354 g/mol. The molecule has 0 saturated heterocycles. The van der Waals surface area contributed by atoms with Gasteiger partial charge in [-0.15, -0.1) is 0 Å². The second-order valence-electron chi connectivity index (χ2n) is 6.57. The molecule has 4 N–H and O–H groups in total. The number of carbonyl (C=O) groups is 1. The average Bonchev–Trinajstić information content (AvgIpc) is 2.66. The molecular formula is C20H26N4O2. The number of aromatic nitrogens is 1. The number of nitrogens with two attached hydrogens (primary N) is 1. The highest BCUT2D eigenvalue weighted by Crippen LogP contribution is 2.22. The minimum absolute atomic E-state index is 0.105. The van der Waals surface area contributed by atoms with Gasteiger partial charge in [-0.25, -0.2) is 4.98 Å². The van der Waals surface area contributed by atoms with Crippen molar-refractivity contribution in [3.05, 3.63) is 48.2 Å². The van der Waals surface area contributed by atoms with Crippen LogP contribution in [0.2, 0.25) is 0 Å². The first-order chi connectivity index (χ1) is 12.7. The van der Waals surface area contributed by atoms with Crippen LogP contribution in [0.15, 0.2) is 42.6 Å². The van der Waals surface area contributed by atoms with Crippen LogP contribution in [0.25, 0.3) is 0 Å². The molecule has 0 bridgehead atoms. The molecule has 138 valence electrons. The Morgan fingerprint density at radius 1 is 1.19 bits per heavy atom. The molecule has 1 amide bonds. The predicted molar refractivity (Wildman–Crippen MR) is 103 cm³/mol. The molecule has 6 nitrogen and oxygen atoms in total. The Kier molecular flexibility index (Phi) is 6.07. The number of anilines is 2. The lowest BCUT2D eigenvalue weighted by Crippen LogP contribution is -2.40. The normalized spacial score (nSPS) is 19.6. The highest BCUT2D eigenvalue weighted by Gasteiger charge is 2.22. The third-order valence-electron chi connectivity index (χ3n) is 4.59. The van der Waals surface area contributed by atoms with Crippen LogP contribution in [0.5, 0.6) is 5.75 Å². The van der Waals surface area contributed by atoms with Crippen LogP contribution >= 0.6 is 0 Å². The molecule has 0 atom stereocenters. The van der Waals surface area contributed by atoms with E-state index in [0.29, 0.717) is 18.0 Å². The van der Waals surface area contributed by atoms with Gasteiger partial charge in [0.2, 0.25) is 0 Å². The molecule has 1 fully saturated rings. The van der Waals surface area contributed by atoms with Crippen molar-refractivity contribution in [3.8, 4) is 5.75 Å². The molecule has 0 unspecified atom stereocenters. The van der Waals surface area contributed by atoms with Gasteiger partial charge >= 0.3 is 0 Å². The third kappa shape index (κ3) is 4.73. The summed E-state index contributed by atoms with van der Waals surface area (Å²) in [5, 5.41) is 6.33. The van der Waals surface area contributed by atoms with Crippen LogP contribution in [-0.4, -0.2) is 29.6 Å². The fourth-order valence-electron chi connectivity index (χ4n) is 3.15. The van der Waals surface area contributed by atoms with E-state index in [0.717, 1.165) is 37.1 Å². The van der Waals surface area contributed by atoms with Crippen LogP contribution in [0.4, 0.5) is 11.5 Å². The van der Waals surface area contributed by atoms with Crippen LogP contribution < -0.4 is 21.1 Å². The van der Waals surface area contributed by atoms with Crippen LogP contribution in [0.3, 0.4) is 0 Å². The molecule has 3 rings (SSSR count). The number of ether oxygens (including phenoxy) is 1. The molecule has 6 heteroatoms. The van der Waals surface area contributed by atoms with Gasteiger partial charge in [0.1, 0.15) is 11.6 Å². The van der Waals surface area contributed by atoms with E-state index < -0.39 is 0 Å². The lowest BCUT2D eigenvalue weighted by atomic mass is 9.91. The van der Waals surface area contributed by atoms with Gasteiger partial charge in [-0.3, -0.25) is 4.79 Å². The van der Waals surface area contributed by atoms with Crippen LogP contribution in [0, 0.1) is 0 Å². The maximum Gasteiger partial charge on any atom is 0.255 e. The number of amides is 1. The van der Waals surface area contributed by atoms with Gasteiger partial charge in [0.05, 0.1) is 12.2 Å². The number of hydrogen-bond donors (Lipinski definition) is 3. The molecule has 0 radical (unpaired) electrons. The summed E-state index contributed by atoms with van der Waals surface area (Å²) in [6.07, 6.45) is 5.43. The van der Waals surface area contributed by atoms with Gasteiger partial charge in [0.25, 0.3) is 5.91 Å². The number of carbonyl (C=O) groups excluding carboxylic acids is 1. The number of nitrogens with zero attached hydrogens (tertiary/aromatic N) is 1. The van der Waals surface area contributed by atoms with Gasteiger partial charge in [0, 0.05) is 24.0 Å². The molecule has 2 aromatic rings. The maximum atomic E-state index is 12.7. The predicted octanol–water partition coefficient (Wildman–Crippen LogP) is 3.22. The Labute approximate surface area is 154 Å². The summed E-state index contributed by atoms with van der Waals surface area (Å²) >= 11 is 0. The van der Waals surface area contributed by atoms with Crippen molar-refractivity contribution in [2.45, 2.75) is 44.7 Å². The molecule has 0 spiro atoms. The van der Waals surface area contributed by atoms with Gasteiger partial charge in [-0.05, 0) is 69.0 Å². The molecule has 1 aromatic carbocycles. The van der Waals surface area contributed by atoms with E-state index in [4.69, 9.17) is 10.5 Å². The topological polar surface area (TPSA) is 89.3 Å². The molecule has 26 heavy (non-hydrogen) atoms. The Hall–Kier alpha value is -2.60. The third-order valence-corrected chi connectivity index (χ3v) is 4.59. The molecular weight excluding hydrogens is 328 g/mol. The van der Waals surface area contributed by atoms with E-state index in [1.54, 1.807) is 18.3 Å². The minimum atomic E-state index is -0.105. The summed E-state index contributed by atoms with van der Waals surface area (Å²) in [7, 11) is 0. The second-order valence-corrected chi connectivity index (χ2v) is 6.57. The van der Waals surface area contributed by atoms with Gasteiger partial charge in [-0.2, -0.15) is 0 Å². The van der Waals surface area contributed by atoms with E-state index in [2.05, 4.69) is 15.6 Å². The Balaban J connectivity index is 1.68. The molecule has 1 aromatic heterocycles. The van der Waals surface area contributed by atoms with Gasteiger partial charge in [-0.1, -0.05) is 0 Å². The highest BCUT2D eigenvalue weighted by atomic mass is 16.5. The second kappa shape index (κ2) is 8.67. The zero-order chi connectivity index (χ0) is 18.4. The van der Waals surface area contributed by atoms with Crippen molar-refractivity contribution in [2.24, 2.45) is 5.73 Å². The molecule has 0 aliphatic heterocycles. The first-order valence-corrected chi connectivity index (χ1v) is 9.17. The van der Waals surface area contributed by atoms with Gasteiger partial charge in [0.15, 0.2) is 0 Å². The van der Waals surface area contributed by atoms with E-state index >= 15 is 0 Å². The number of rotatable bonds is 6. The van der Waals surface area contributed by atoms with E-state index in [9.17, 15) is 4.79 Å². The SMILES string of the molecule is CCOc1ccc(Nc2ncccc2C(=O)NC2CCC(N)CC2)cc1. The standard InChI is InChI=1S/C20H26N4O2/c1-2-26-17-11-9-15(10-12-17)23-19-18(4-3-13-22-19)20(25)24-16-7-5-14(21)6-8-16/h3-4,9-14,16H,2,5-8,21H2,1H3,(H,22,23)(H,24,25). The van der Waals surface area contributed by atoms with Crippen molar-refractivity contribution in [2.75, 3.05) is 11.9 Å². The fraction of sp³-hybridized carbons (Fsp3) is 0.400. The summed E-state index contributed by atoms with van der Waals surface area (Å²) in [5.74, 6) is 1.25. The summed E-state index contributed by atoms with van der Waals surface area (Å²) in [6, 6.07) is 11.6. The minimum Gasteiger partial charge on any atom is -0.494 e. The van der Waals surface area contributed by atoms with Gasteiger partial charge < -0.3 is 21.1 Å². The Morgan fingerprint density at radius 2 is 1.92 bits per heavy atom. The number of hydrogen-bond acceptors (Lipinski definition) is 5. The maximum absolute atomic E-state index is 12.7. The van der Waals surface area contributed by atoms with Crippen molar-refractivity contribution in [1.29, 1.82) is 0 Å². The lowest BCUT2D eigenvalue weighted by Gasteiger charge is -2.27. The van der Waals surface area contributed by atoms with E-state index in [1.807, 2.05) is 31.2 Å². The summed E-state index contributed by atoms with van der Waals surface area (Å²) < 4.78 is 5.45. The van der Waals surface area contributed by atoms with E-state index in [1.165, 1.54) is 0 Å². The first-order valence-electron chi connectivity index (χ1n) is 9.17. The Bertz CT molecular complexity index is 725. The van der Waals surface area contributed by atoms with Crippen molar-refractivity contribution in [1.82, 2.24) is 10.3 Å². The number of benzene rings is 1. The lowest BCUT2D eigenvalue weighted by molar-refractivity contribution is 0.0926. The zero-order valence-corrected chi connectivity index (χ0v) is 15.1. The summed E-state index contributed by atoms with van der Waals surface area (Å²) in [4.78, 5) is 17.0. The highest BCUT2D eigenvalue weighted by molar-refractivity contribution is 5.99. The number of pyridine rings is 1. The molecule has 1 aliphatic carbocycles. The molecule has 1 saturated carbocycles. The smallest absolute Gasteiger partial charge is 0.255 e. The summed E-state index contributed by atoms with van der Waals surface area (Å²) in [5.41, 5.74) is 7.33. The van der Waals surface area contributed by atoms with Crippen molar-refractivity contribution in [3.63, 3.8) is 0 Å². The molecule has 1 aliphatic rings. The van der Waals surface area contributed by atoms with Crippen molar-refractivity contribution >= 4 is 17.4 Å². The fourth-order valence-corrected chi connectivity index (χ4v) is 3.15. The van der Waals surface area contributed by atoms with Crippen molar-refractivity contribution < 1.29 is 9.53 Å². The van der Waals surface area contributed by atoms with Crippen LogP contribution in [-0.2, 0) is 0 Å². The average molecular weight is 354 g/mol.